The number of amides is 1. The summed E-state index contributed by atoms with van der Waals surface area (Å²) >= 11 is 0. The second-order valence-electron chi connectivity index (χ2n) is 3.45. The molecule has 1 aliphatic heterocycles. The van der Waals surface area contributed by atoms with Crippen molar-refractivity contribution in [2.24, 2.45) is 17.0 Å². The highest BCUT2D eigenvalue weighted by Gasteiger charge is 2.31. The van der Waals surface area contributed by atoms with Crippen LogP contribution in [0.1, 0.15) is 26.2 Å². The molecular weight excluding hydrogens is 170 g/mol. The molecule has 0 aromatic rings. The quantitative estimate of drug-likeness (QED) is 0.629. The SMILES string of the molecule is CCC[C@@H]1CCOC[C@H]1C(=O)N=O. The Balaban J connectivity index is 2.55. The smallest absolute Gasteiger partial charge is 0.291 e. The van der Waals surface area contributed by atoms with Crippen molar-refractivity contribution < 1.29 is 9.53 Å². The lowest BCUT2D eigenvalue weighted by molar-refractivity contribution is -0.128. The molecule has 0 saturated carbocycles. The predicted octanol–water partition coefficient (Wildman–Crippen LogP) is 1.73. The third-order valence-electron chi connectivity index (χ3n) is 2.57. The topological polar surface area (TPSA) is 55.7 Å². The second-order valence-corrected chi connectivity index (χ2v) is 3.45. The van der Waals surface area contributed by atoms with Gasteiger partial charge in [0.2, 0.25) is 0 Å². The van der Waals surface area contributed by atoms with Gasteiger partial charge in [-0.2, -0.15) is 0 Å². The van der Waals surface area contributed by atoms with Crippen LogP contribution in [0.3, 0.4) is 0 Å². The van der Waals surface area contributed by atoms with Gasteiger partial charge in [-0.1, -0.05) is 13.3 Å². The number of nitrogens with zero attached hydrogens (tertiary/aromatic N) is 1. The number of hydrogen-bond acceptors (Lipinski definition) is 3. The molecule has 2 atom stereocenters. The molecule has 4 nitrogen and oxygen atoms in total. The Morgan fingerprint density at radius 2 is 2.38 bits per heavy atom. The van der Waals surface area contributed by atoms with Crippen molar-refractivity contribution in [3.8, 4) is 0 Å². The van der Waals surface area contributed by atoms with Gasteiger partial charge >= 0.3 is 0 Å². The highest BCUT2D eigenvalue weighted by atomic mass is 16.5. The maximum atomic E-state index is 11.1. The largest absolute Gasteiger partial charge is 0.381 e. The summed E-state index contributed by atoms with van der Waals surface area (Å²) < 4.78 is 5.16. The van der Waals surface area contributed by atoms with Crippen LogP contribution in [-0.2, 0) is 9.53 Å². The van der Waals surface area contributed by atoms with Gasteiger partial charge in [-0.25, -0.2) is 0 Å². The minimum Gasteiger partial charge on any atom is -0.381 e. The molecule has 1 amide bonds. The number of carbonyl (C=O) groups is 1. The molecule has 4 heteroatoms. The molecule has 0 unspecified atom stereocenters. The maximum Gasteiger partial charge on any atom is 0.291 e. The molecule has 1 saturated heterocycles. The van der Waals surface area contributed by atoms with Gasteiger partial charge in [0.05, 0.1) is 12.5 Å². The van der Waals surface area contributed by atoms with E-state index < -0.39 is 5.91 Å². The normalized spacial score (nSPS) is 28.4. The van der Waals surface area contributed by atoms with Crippen LogP contribution in [0.2, 0.25) is 0 Å². The summed E-state index contributed by atoms with van der Waals surface area (Å²) in [5, 5.41) is 2.48. The van der Waals surface area contributed by atoms with Crippen LogP contribution in [0.15, 0.2) is 5.18 Å². The van der Waals surface area contributed by atoms with E-state index in [4.69, 9.17) is 4.74 Å². The Kier molecular flexibility index (Phi) is 4.02. The fourth-order valence-corrected chi connectivity index (χ4v) is 1.84. The van der Waals surface area contributed by atoms with Gasteiger partial charge in [-0.3, -0.25) is 4.79 Å². The zero-order valence-electron chi connectivity index (χ0n) is 7.86. The van der Waals surface area contributed by atoms with E-state index in [0.717, 1.165) is 19.3 Å². The molecular formula is C9H15NO3. The standard InChI is InChI=1S/C9H15NO3/c1-2-3-7-4-5-13-6-8(7)9(11)10-12/h7-8H,2-6H2,1H3/t7-,8-/m1/s1. The summed E-state index contributed by atoms with van der Waals surface area (Å²) in [4.78, 5) is 21.2. The summed E-state index contributed by atoms with van der Waals surface area (Å²) in [5.74, 6) is -0.534. The first-order valence-electron chi connectivity index (χ1n) is 4.74. The van der Waals surface area contributed by atoms with Crippen LogP contribution in [0.5, 0.6) is 0 Å². The van der Waals surface area contributed by atoms with Crippen molar-refractivity contribution in [2.75, 3.05) is 13.2 Å². The van der Waals surface area contributed by atoms with Crippen LogP contribution >= 0.6 is 0 Å². The van der Waals surface area contributed by atoms with Gasteiger partial charge in [0.1, 0.15) is 0 Å². The average Bonchev–Trinajstić information content (AvgIpc) is 2.18. The van der Waals surface area contributed by atoms with Crippen molar-refractivity contribution >= 4 is 5.91 Å². The molecule has 0 N–H and O–H groups in total. The summed E-state index contributed by atoms with van der Waals surface area (Å²) in [6, 6.07) is 0. The van der Waals surface area contributed by atoms with E-state index in [1.807, 2.05) is 0 Å². The highest BCUT2D eigenvalue weighted by molar-refractivity contribution is 5.79. The summed E-state index contributed by atoms with van der Waals surface area (Å²) in [7, 11) is 0. The minimum absolute atomic E-state index is 0.286. The number of carbonyl (C=O) groups excluding carboxylic acids is 1. The van der Waals surface area contributed by atoms with E-state index in [0.29, 0.717) is 19.1 Å². The summed E-state index contributed by atoms with van der Waals surface area (Å²) in [6.45, 7) is 3.15. The lowest BCUT2D eigenvalue weighted by Crippen LogP contribution is -2.32. The highest BCUT2D eigenvalue weighted by Crippen LogP contribution is 2.27. The Bertz CT molecular complexity index is 191. The first-order chi connectivity index (χ1) is 6.29. The van der Waals surface area contributed by atoms with Crippen molar-refractivity contribution in [1.29, 1.82) is 0 Å². The van der Waals surface area contributed by atoms with Crippen LogP contribution < -0.4 is 0 Å². The fourth-order valence-electron chi connectivity index (χ4n) is 1.84. The number of ether oxygens (including phenoxy) is 1. The minimum atomic E-state index is -0.543. The van der Waals surface area contributed by atoms with Gasteiger partial charge in [0.25, 0.3) is 5.91 Å². The Labute approximate surface area is 77.6 Å². The monoisotopic (exact) mass is 185 g/mol. The zero-order valence-corrected chi connectivity index (χ0v) is 7.86. The van der Waals surface area contributed by atoms with Gasteiger partial charge < -0.3 is 4.74 Å². The van der Waals surface area contributed by atoms with Gasteiger partial charge in [0, 0.05) is 11.8 Å². The summed E-state index contributed by atoms with van der Waals surface area (Å²) in [5.41, 5.74) is 0. The third-order valence-corrected chi connectivity index (χ3v) is 2.57. The molecule has 0 bridgehead atoms. The zero-order chi connectivity index (χ0) is 9.68. The maximum absolute atomic E-state index is 11.1. The van der Waals surface area contributed by atoms with E-state index in [-0.39, 0.29) is 5.92 Å². The molecule has 1 heterocycles. The molecule has 0 spiro atoms. The molecule has 1 aliphatic rings. The lowest BCUT2D eigenvalue weighted by atomic mass is 9.84. The van der Waals surface area contributed by atoms with Gasteiger partial charge in [0.15, 0.2) is 0 Å². The molecule has 74 valence electrons. The molecule has 0 aromatic heterocycles. The first kappa shape index (κ1) is 10.3. The van der Waals surface area contributed by atoms with E-state index in [1.54, 1.807) is 0 Å². The van der Waals surface area contributed by atoms with Gasteiger partial charge in [-0.15, -0.1) is 4.91 Å². The third kappa shape index (κ3) is 2.59. The van der Waals surface area contributed by atoms with Crippen molar-refractivity contribution in [2.45, 2.75) is 26.2 Å². The molecule has 0 radical (unpaired) electrons. The van der Waals surface area contributed by atoms with Crippen LogP contribution in [-0.4, -0.2) is 19.1 Å². The van der Waals surface area contributed by atoms with Crippen molar-refractivity contribution in [3.63, 3.8) is 0 Å². The fraction of sp³-hybridized carbons (Fsp3) is 0.889. The lowest BCUT2D eigenvalue weighted by Gasteiger charge is -2.28. The molecule has 0 aliphatic carbocycles. The number of rotatable bonds is 3. The molecule has 13 heavy (non-hydrogen) atoms. The van der Waals surface area contributed by atoms with Crippen LogP contribution in [0, 0.1) is 16.7 Å². The Morgan fingerprint density at radius 1 is 1.62 bits per heavy atom. The predicted molar refractivity (Wildman–Crippen MR) is 48.1 cm³/mol. The first-order valence-corrected chi connectivity index (χ1v) is 4.74. The molecule has 1 fully saturated rings. The number of hydrogen-bond donors (Lipinski definition) is 0. The van der Waals surface area contributed by atoms with Gasteiger partial charge in [-0.05, 0) is 18.8 Å². The molecule has 0 aromatic carbocycles. The molecule has 1 rings (SSSR count). The van der Waals surface area contributed by atoms with Crippen molar-refractivity contribution in [1.82, 2.24) is 0 Å². The number of nitroso groups, excluding NO2 is 1. The van der Waals surface area contributed by atoms with E-state index in [9.17, 15) is 9.70 Å². The van der Waals surface area contributed by atoms with E-state index in [2.05, 4.69) is 12.1 Å². The van der Waals surface area contributed by atoms with Crippen LogP contribution in [0.4, 0.5) is 0 Å². The second kappa shape index (κ2) is 5.07. The van der Waals surface area contributed by atoms with E-state index in [1.165, 1.54) is 0 Å². The van der Waals surface area contributed by atoms with E-state index >= 15 is 0 Å². The summed E-state index contributed by atoms with van der Waals surface area (Å²) in [6.07, 6.45) is 2.89. The van der Waals surface area contributed by atoms with Crippen molar-refractivity contribution in [3.05, 3.63) is 4.91 Å². The van der Waals surface area contributed by atoms with Crippen LogP contribution in [0.25, 0.3) is 0 Å². The Hall–Kier alpha value is -0.770. The Morgan fingerprint density at radius 3 is 3.00 bits per heavy atom. The average molecular weight is 185 g/mol.